The number of amides is 1. The lowest BCUT2D eigenvalue weighted by molar-refractivity contribution is -0.118. The van der Waals surface area contributed by atoms with E-state index in [9.17, 15) is 23.4 Å². The number of aliphatic hydroxyl groups is 1. The van der Waals surface area contributed by atoms with Gasteiger partial charge in [0, 0.05) is 12.2 Å². The molecule has 5 N–H and O–H groups in total. The molecule has 0 heterocycles. The number of hydrogen-bond donors (Lipinski definition) is 5. The smallest absolute Gasteiger partial charge is 0.246 e. The van der Waals surface area contributed by atoms with Crippen molar-refractivity contribution in [2.45, 2.75) is 12.1 Å². The molecule has 3 aromatic rings. The van der Waals surface area contributed by atoms with Gasteiger partial charge in [0.15, 0.2) is 0 Å². The maximum Gasteiger partial charge on any atom is 0.246 e. The Morgan fingerprint density at radius 1 is 0.938 bits per heavy atom. The van der Waals surface area contributed by atoms with Crippen LogP contribution in [0.2, 0.25) is 0 Å². The highest BCUT2D eigenvalue weighted by Gasteiger charge is 2.22. The molecule has 0 aliphatic heterocycles. The van der Waals surface area contributed by atoms with Gasteiger partial charge in [-0.2, -0.15) is 0 Å². The highest BCUT2D eigenvalue weighted by atomic mass is 32.2. The lowest BCUT2D eigenvalue weighted by Gasteiger charge is -2.21. The molecule has 0 aliphatic rings. The van der Waals surface area contributed by atoms with Crippen molar-refractivity contribution < 1.29 is 23.4 Å². The van der Waals surface area contributed by atoms with Crippen molar-refractivity contribution in [2.75, 3.05) is 22.8 Å². The summed E-state index contributed by atoms with van der Waals surface area (Å²) in [5.41, 5.74) is 1.70. The van der Waals surface area contributed by atoms with E-state index in [0.717, 1.165) is 11.8 Å². The summed E-state index contributed by atoms with van der Waals surface area (Å²) in [5.74, 6) is -0.552. The Morgan fingerprint density at radius 2 is 1.56 bits per heavy atom. The first-order chi connectivity index (χ1) is 15.2. The number of aromatic hydroxyl groups is 1. The summed E-state index contributed by atoms with van der Waals surface area (Å²) in [6.45, 7) is 0.00482. The first-order valence-corrected chi connectivity index (χ1v) is 11.7. The van der Waals surface area contributed by atoms with Crippen LogP contribution in [0.1, 0.15) is 23.3 Å². The minimum absolute atomic E-state index is 0.00482. The molecule has 168 valence electrons. The maximum absolute atomic E-state index is 13.0. The van der Waals surface area contributed by atoms with Crippen LogP contribution in [0.3, 0.4) is 0 Å². The van der Waals surface area contributed by atoms with Crippen LogP contribution in [-0.4, -0.2) is 37.3 Å². The molecule has 0 spiro atoms. The molecule has 0 aromatic heterocycles. The van der Waals surface area contributed by atoms with Gasteiger partial charge in [-0.25, -0.2) is 8.42 Å². The van der Waals surface area contributed by atoms with E-state index in [4.69, 9.17) is 0 Å². The number of nitrogens with one attached hydrogen (secondary N) is 3. The highest BCUT2D eigenvalue weighted by molar-refractivity contribution is 7.92. The molecule has 9 heteroatoms. The molecular formula is C23H25N3O5S. The summed E-state index contributed by atoms with van der Waals surface area (Å²) in [7, 11) is -3.61. The molecule has 3 aromatic carbocycles. The zero-order valence-electron chi connectivity index (χ0n) is 17.4. The van der Waals surface area contributed by atoms with Gasteiger partial charge in [0.2, 0.25) is 15.9 Å². The second-order valence-corrected chi connectivity index (χ2v) is 9.02. The monoisotopic (exact) mass is 455 g/mol. The third-order valence-electron chi connectivity index (χ3n) is 4.65. The van der Waals surface area contributed by atoms with E-state index in [0.29, 0.717) is 11.3 Å². The van der Waals surface area contributed by atoms with Crippen LogP contribution >= 0.6 is 0 Å². The van der Waals surface area contributed by atoms with Crippen LogP contribution in [0.25, 0.3) is 0 Å². The van der Waals surface area contributed by atoms with Gasteiger partial charge in [-0.1, -0.05) is 54.6 Å². The number of phenols is 1. The quantitative estimate of drug-likeness (QED) is 0.316. The number of anilines is 2. The number of para-hydroxylation sites is 1. The van der Waals surface area contributed by atoms with E-state index in [1.54, 1.807) is 12.1 Å². The number of hydrogen-bond acceptors (Lipinski definition) is 6. The Labute approximate surface area is 187 Å². The van der Waals surface area contributed by atoms with Crippen molar-refractivity contribution in [1.82, 2.24) is 5.32 Å². The maximum atomic E-state index is 13.0. The first kappa shape index (κ1) is 23.3. The zero-order chi connectivity index (χ0) is 23.1. The van der Waals surface area contributed by atoms with Gasteiger partial charge in [0.05, 0.1) is 18.0 Å². The van der Waals surface area contributed by atoms with Gasteiger partial charge in [-0.05, 0) is 35.4 Å². The number of aliphatic hydroxyl groups excluding tert-OH is 1. The van der Waals surface area contributed by atoms with E-state index in [2.05, 4.69) is 15.4 Å². The molecule has 0 radical (unpaired) electrons. The Hall–Kier alpha value is -3.40. The normalized spacial score (nSPS) is 13.2. The molecule has 8 nitrogen and oxygen atoms in total. The molecule has 3 rings (SSSR count). The minimum Gasteiger partial charge on any atom is -0.506 e. The summed E-state index contributed by atoms with van der Waals surface area (Å²) >= 11 is 0. The second kappa shape index (κ2) is 10.3. The number of phenolic OH excluding ortho intramolecular Hbond substituents is 1. The summed E-state index contributed by atoms with van der Waals surface area (Å²) in [6.07, 6.45) is -0.0983. The van der Waals surface area contributed by atoms with E-state index < -0.39 is 22.2 Å². The van der Waals surface area contributed by atoms with Gasteiger partial charge in [-0.3, -0.25) is 14.8 Å². The molecular weight excluding hydrogens is 430 g/mol. The van der Waals surface area contributed by atoms with E-state index >= 15 is 0 Å². The van der Waals surface area contributed by atoms with Crippen LogP contribution in [0, 0.1) is 0 Å². The topological polar surface area (TPSA) is 128 Å². The minimum atomic E-state index is -3.61. The van der Waals surface area contributed by atoms with E-state index in [1.807, 2.05) is 48.5 Å². The molecule has 0 fully saturated rings. The molecule has 1 unspecified atom stereocenters. The Bertz CT molecular complexity index is 1150. The van der Waals surface area contributed by atoms with Crippen LogP contribution in [-0.2, 0) is 14.8 Å². The number of carbonyl (C=O) groups excluding carboxylic acids is 1. The summed E-state index contributed by atoms with van der Waals surface area (Å²) in [4.78, 5) is 13.0. The fourth-order valence-corrected chi connectivity index (χ4v) is 3.70. The fraction of sp³-hybridized carbons (Fsp3) is 0.174. The number of rotatable bonds is 9. The number of sulfonamides is 1. The van der Waals surface area contributed by atoms with Gasteiger partial charge < -0.3 is 15.5 Å². The van der Waals surface area contributed by atoms with E-state index in [-0.39, 0.29) is 23.9 Å². The molecule has 0 saturated heterocycles. The molecule has 0 aliphatic carbocycles. The third-order valence-corrected chi connectivity index (χ3v) is 5.24. The molecule has 1 amide bonds. The Balaban J connectivity index is 1.76. The third kappa shape index (κ3) is 6.55. The largest absolute Gasteiger partial charge is 0.506 e. The summed E-state index contributed by atoms with van der Waals surface area (Å²) in [5, 5.41) is 26.5. The van der Waals surface area contributed by atoms with Gasteiger partial charge >= 0.3 is 0 Å². The van der Waals surface area contributed by atoms with Crippen LogP contribution in [0.4, 0.5) is 11.4 Å². The standard InChI is InChI=1S/C23H25N3O5S/c1-32(30,31)26-19-14-17(12-13-20(19)27)21(28)15-24-22(16-8-4-2-5-9-16)23(29)25-18-10-6-3-7-11-18/h2-14,21-22,24,26-28H,15H2,1H3,(H,25,29)/t21-,22?/m1/s1. The van der Waals surface area contributed by atoms with Crippen molar-refractivity contribution >= 4 is 27.3 Å². The fourth-order valence-electron chi connectivity index (χ4n) is 3.13. The molecule has 0 bridgehead atoms. The SMILES string of the molecule is CS(=O)(=O)Nc1cc([C@H](O)CNC(C(=O)Nc2ccccc2)c2ccccc2)ccc1O. The van der Waals surface area contributed by atoms with E-state index in [1.165, 1.54) is 18.2 Å². The zero-order valence-corrected chi connectivity index (χ0v) is 18.2. The predicted octanol–water partition coefficient (Wildman–Crippen LogP) is 2.77. The van der Waals surface area contributed by atoms with Crippen molar-refractivity contribution in [3.63, 3.8) is 0 Å². The number of benzene rings is 3. The lowest BCUT2D eigenvalue weighted by atomic mass is 10.0. The van der Waals surface area contributed by atoms with Crippen LogP contribution < -0.4 is 15.4 Å². The highest BCUT2D eigenvalue weighted by Crippen LogP contribution is 2.28. The summed E-state index contributed by atoms with van der Waals surface area (Å²) in [6, 6.07) is 21.5. The number of carbonyl (C=O) groups is 1. The second-order valence-electron chi connectivity index (χ2n) is 7.27. The summed E-state index contributed by atoms with van der Waals surface area (Å²) < 4.78 is 25.2. The molecule has 32 heavy (non-hydrogen) atoms. The van der Waals surface area contributed by atoms with Gasteiger partial charge in [-0.15, -0.1) is 0 Å². The first-order valence-electron chi connectivity index (χ1n) is 9.86. The molecule has 2 atom stereocenters. The Kier molecular flexibility index (Phi) is 7.47. The van der Waals surface area contributed by atoms with Gasteiger partial charge in [0.25, 0.3) is 0 Å². The van der Waals surface area contributed by atoms with Crippen LogP contribution in [0.15, 0.2) is 78.9 Å². The van der Waals surface area contributed by atoms with Gasteiger partial charge in [0.1, 0.15) is 11.8 Å². The predicted molar refractivity (Wildman–Crippen MR) is 124 cm³/mol. The molecule has 0 saturated carbocycles. The Morgan fingerprint density at radius 3 is 2.19 bits per heavy atom. The average molecular weight is 456 g/mol. The van der Waals surface area contributed by atoms with Crippen molar-refractivity contribution in [1.29, 1.82) is 0 Å². The van der Waals surface area contributed by atoms with Crippen molar-refractivity contribution in [2.24, 2.45) is 0 Å². The van der Waals surface area contributed by atoms with Crippen LogP contribution in [0.5, 0.6) is 5.75 Å². The lowest BCUT2D eigenvalue weighted by Crippen LogP contribution is -2.35. The van der Waals surface area contributed by atoms with Crippen molar-refractivity contribution in [3.05, 3.63) is 90.0 Å². The van der Waals surface area contributed by atoms with Crippen molar-refractivity contribution in [3.8, 4) is 5.75 Å². The average Bonchev–Trinajstić information content (AvgIpc) is 2.76.